The minimum atomic E-state index is -0.396. The lowest BCUT2D eigenvalue weighted by atomic mass is 10.3. The van der Waals surface area contributed by atoms with E-state index in [1.165, 1.54) is 12.4 Å². The molecule has 1 aromatic rings. The third-order valence-electron chi connectivity index (χ3n) is 1.58. The van der Waals surface area contributed by atoms with Gasteiger partial charge < -0.3 is 10.5 Å². The van der Waals surface area contributed by atoms with Crippen LogP contribution in [-0.2, 0) is 11.2 Å². The molecule has 0 aliphatic heterocycles. The van der Waals surface area contributed by atoms with Crippen molar-refractivity contribution in [3.63, 3.8) is 0 Å². The van der Waals surface area contributed by atoms with Gasteiger partial charge in [0.05, 0.1) is 12.2 Å². The highest BCUT2D eigenvalue weighted by Crippen LogP contribution is 1.99. The summed E-state index contributed by atoms with van der Waals surface area (Å²) in [4.78, 5) is 19.1. The molecule has 2 N–H and O–H groups in total. The number of nitrogens with zero attached hydrogens (tertiary/aromatic N) is 2. The van der Waals surface area contributed by atoms with E-state index in [1.807, 2.05) is 0 Å². The van der Waals surface area contributed by atoms with E-state index >= 15 is 0 Å². The molecule has 0 amide bonds. The summed E-state index contributed by atoms with van der Waals surface area (Å²) in [7, 11) is 0. The molecule has 0 saturated heterocycles. The van der Waals surface area contributed by atoms with Crippen LogP contribution in [-0.4, -0.2) is 29.1 Å². The quantitative estimate of drug-likeness (QED) is 0.692. The Kier molecular flexibility index (Phi) is 4.00. The molecule has 0 aliphatic rings. The molecule has 0 atom stereocenters. The fraction of sp³-hybridized carbons (Fsp3) is 0.444. The molecule has 14 heavy (non-hydrogen) atoms. The first-order valence-electron chi connectivity index (χ1n) is 4.46. The lowest BCUT2D eigenvalue weighted by molar-refractivity contribution is 0.0525. The summed E-state index contributed by atoms with van der Waals surface area (Å²) in [5.74, 6) is 0.243. The fourth-order valence-electron chi connectivity index (χ4n) is 0.933. The number of carbonyl (C=O) groups is 1. The zero-order valence-electron chi connectivity index (χ0n) is 8.06. The molecular weight excluding hydrogens is 182 g/mol. The molecule has 5 nitrogen and oxygen atoms in total. The van der Waals surface area contributed by atoms with Crippen molar-refractivity contribution in [2.24, 2.45) is 5.73 Å². The Morgan fingerprint density at radius 1 is 1.50 bits per heavy atom. The van der Waals surface area contributed by atoms with Crippen LogP contribution in [0.4, 0.5) is 0 Å². The number of aromatic nitrogens is 2. The molecule has 0 bridgehead atoms. The summed E-state index contributed by atoms with van der Waals surface area (Å²) in [6.45, 7) is 2.60. The first-order valence-corrected chi connectivity index (χ1v) is 4.46. The molecule has 0 unspecified atom stereocenters. The topological polar surface area (TPSA) is 78.1 Å². The second-order valence-electron chi connectivity index (χ2n) is 2.65. The number of esters is 1. The predicted molar refractivity (Wildman–Crippen MR) is 50.7 cm³/mol. The Balaban J connectivity index is 2.67. The Bertz CT molecular complexity index is 297. The zero-order chi connectivity index (χ0) is 10.4. The number of hydrogen-bond donors (Lipinski definition) is 1. The molecule has 0 aromatic carbocycles. The zero-order valence-corrected chi connectivity index (χ0v) is 8.06. The first-order chi connectivity index (χ1) is 6.77. The molecule has 0 fully saturated rings. The minimum absolute atomic E-state index is 0.351. The van der Waals surface area contributed by atoms with Gasteiger partial charge in [0.1, 0.15) is 5.82 Å². The summed E-state index contributed by atoms with van der Waals surface area (Å²) >= 11 is 0. The second-order valence-corrected chi connectivity index (χ2v) is 2.65. The second kappa shape index (κ2) is 5.29. The molecule has 0 radical (unpaired) electrons. The third kappa shape index (κ3) is 2.77. The average molecular weight is 195 g/mol. The lowest BCUT2D eigenvalue weighted by Crippen LogP contribution is -2.09. The van der Waals surface area contributed by atoms with E-state index in [1.54, 1.807) is 6.92 Å². The van der Waals surface area contributed by atoms with Crippen molar-refractivity contribution >= 4 is 5.97 Å². The van der Waals surface area contributed by atoms with Crippen LogP contribution in [0, 0.1) is 0 Å². The van der Waals surface area contributed by atoms with Gasteiger partial charge in [0.15, 0.2) is 0 Å². The van der Waals surface area contributed by atoms with Crippen molar-refractivity contribution in [1.82, 2.24) is 9.97 Å². The van der Waals surface area contributed by atoms with Gasteiger partial charge in [0, 0.05) is 18.8 Å². The SMILES string of the molecule is CCOC(=O)c1cnc(CCN)nc1. The summed E-state index contributed by atoms with van der Waals surface area (Å²) < 4.78 is 4.78. The predicted octanol–water partition coefficient (Wildman–Crippen LogP) is 0.154. The van der Waals surface area contributed by atoms with E-state index in [0.717, 1.165) is 0 Å². The minimum Gasteiger partial charge on any atom is -0.462 e. The monoisotopic (exact) mass is 195 g/mol. The standard InChI is InChI=1S/C9H13N3O2/c1-2-14-9(13)7-5-11-8(3-4-10)12-6-7/h5-6H,2-4,10H2,1H3. The summed E-state index contributed by atoms with van der Waals surface area (Å²) in [6.07, 6.45) is 3.52. The van der Waals surface area contributed by atoms with Crippen molar-refractivity contribution in [3.8, 4) is 0 Å². The van der Waals surface area contributed by atoms with E-state index in [4.69, 9.17) is 10.5 Å². The molecule has 1 aromatic heterocycles. The highest BCUT2D eigenvalue weighted by molar-refractivity contribution is 5.88. The maximum Gasteiger partial charge on any atom is 0.341 e. The van der Waals surface area contributed by atoms with Crippen molar-refractivity contribution in [3.05, 3.63) is 23.8 Å². The van der Waals surface area contributed by atoms with Crippen LogP contribution in [0.2, 0.25) is 0 Å². The number of ether oxygens (including phenoxy) is 1. The summed E-state index contributed by atoms with van der Waals surface area (Å²) in [5, 5.41) is 0. The van der Waals surface area contributed by atoms with Gasteiger partial charge in [-0.15, -0.1) is 0 Å². The number of nitrogens with two attached hydrogens (primary N) is 1. The summed E-state index contributed by atoms with van der Waals surface area (Å²) in [5.41, 5.74) is 5.70. The van der Waals surface area contributed by atoms with Gasteiger partial charge in [0.2, 0.25) is 0 Å². The Hall–Kier alpha value is -1.49. The third-order valence-corrected chi connectivity index (χ3v) is 1.58. The van der Waals surface area contributed by atoms with E-state index in [0.29, 0.717) is 31.0 Å². The molecule has 1 rings (SSSR count). The first kappa shape index (κ1) is 10.6. The van der Waals surface area contributed by atoms with E-state index < -0.39 is 5.97 Å². The Morgan fingerprint density at radius 3 is 2.64 bits per heavy atom. The van der Waals surface area contributed by atoms with Gasteiger partial charge in [-0.2, -0.15) is 0 Å². The van der Waals surface area contributed by atoms with E-state index in [-0.39, 0.29) is 0 Å². The van der Waals surface area contributed by atoms with Gasteiger partial charge >= 0.3 is 5.97 Å². The molecule has 76 valence electrons. The van der Waals surface area contributed by atoms with Crippen LogP contribution in [0.5, 0.6) is 0 Å². The molecular formula is C9H13N3O2. The van der Waals surface area contributed by atoms with Gasteiger partial charge in [0.25, 0.3) is 0 Å². The van der Waals surface area contributed by atoms with Gasteiger partial charge in [-0.3, -0.25) is 0 Å². The largest absolute Gasteiger partial charge is 0.462 e. The van der Waals surface area contributed by atoms with Crippen LogP contribution in [0.1, 0.15) is 23.1 Å². The van der Waals surface area contributed by atoms with E-state index in [9.17, 15) is 4.79 Å². The van der Waals surface area contributed by atoms with Crippen molar-refractivity contribution < 1.29 is 9.53 Å². The van der Waals surface area contributed by atoms with E-state index in [2.05, 4.69) is 9.97 Å². The van der Waals surface area contributed by atoms with Crippen LogP contribution in [0.3, 0.4) is 0 Å². The average Bonchev–Trinajstić information content (AvgIpc) is 2.20. The normalized spacial score (nSPS) is 9.86. The molecule has 0 aliphatic carbocycles. The summed E-state index contributed by atoms with van der Waals surface area (Å²) in [6, 6.07) is 0. The molecule has 0 spiro atoms. The highest BCUT2D eigenvalue weighted by Gasteiger charge is 2.06. The van der Waals surface area contributed by atoms with Gasteiger partial charge in [-0.25, -0.2) is 14.8 Å². The molecule has 0 saturated carbocycles. The van der Waals surface area contributed by atoms with Crippen LogP contribution >= 0.6 is 0 Å². The Morgan fingerprint density at radius 2 is 2.14 bits per heavy atom. The van der Waals surface area contributed by atoms with Crippen LogP contribution < -0.4 is 5.73 Å². The van der Waals surface area contributed by atoms with Crippen molar-refractivity contribution in [2.75, 3.05) is 13.2 Å². The number of carbonyl (C=O) groups excluding carboxylic acids is 1. The lowest BCUT2D eigenvalue weighted by Gasteiger charge is -2.01. The van der Waals surface area contributed by atoms with Crippen molar-refractivity contribution in [1.29, 1.82) is 0 Å². The van der Waals surface area contributed by atoms with Crippen molar-refractivity contribution in [2.45, 2.75) is 13.3 Å². The smallest absolute Gasteiger partial charge is 0.341 e. The number of hydrogen-bond acceptors (Lipinski definition) is 5. The molecule has 1 heterocycles. The van der Waals surface area contributed by atoms with Gasteiger partial charge in [-0.1, -0.05) is 0 Å². The maximum absolute atomic E-state index is 11.2. The number of rotatable bonds is 4. The van der Waals surface area contributed by atoms with Gasteiger partial charge in [-0.05, 0) is 13.5 Å². The maximum atomic E-state index is 11.2. The Labute approximate surface area is 82.3 Å². The fourth-order valence-corrected chi connectivity index (χ4v) is 0.933. The van der Waals surface area contributed by atoms with Crippen LogP contribution in [0.15, 0.2) is 12.4 Å². The van der Waals surface area contributed by atoms with Crippen LogP contribution in [0.25, 0.3) is 0 Å². The highest BCUT2D eigenvalue weighted by atomic mass is 16.5. The molecule has 5 heteroatoms.